The molecule has 35 heavy (non-hydrogen) atoms. The molecule has 2 nitrogen and oxygen atoms in total. The molecule has 0 saturated heterocycles. The van der Waals surface area contributed by atoms with Gasteiger partial charge in [0.05, 0.1) is 0 Å². The average molecular weight is 704 g/mol. The first-order valence-electron chi connectivity index (χ1n) is 9.51. The molecule has 0 heterocycles. The van der Waals surface area contributed by atoms with Crippen molar-refractivity contribution < 1.29 is 49.4 Å². The quantitative estimate of drug-likeness (QED) is 0.295. The molecule has 3 rings (SSSR count). The second-order valence-corrected chi connectivity index (χ2v) is 15.6. The topological polar surface area (TPSA) is 37.3 Å². The molecule has 0 saturated carbocycles. The summed E-state index contributed by atoms with van der Waals surface area (Å²) in [6, 6.07) is 12.7. The number of halogens is 9. The standard InChI is InChI=1S/3C7H4F3.C2H4O2.Bi/c3*8-7(9,10)6-4-2-1-3-5-6;1-2(3)4;/h3*2-5H;1H3,(H,3,4);. The van der Waals surface area contributed by atoms with E-state index in [1.807, 2.05) is 0 Å². The molecule has 3 aromatic rings. The number of carbonyl (C=O) groups is 1. The zero-order valence-electron chi connectivity index (χ0n) is 17.6. The third-order valence-electron chi connectivity index (χ3n) is 4.36. The third kappa shape index (κ3) is 8.23. The molecule has 0 aliphatic rings. The van der Waals surface area contributed by atoms with E-state index < -0.39 is 62.9 Å². The summed E-state index contributed by atoms with van der Waals surface area (Å²) in [6.45, 7) is 1.08. The van der Waals surface area contributed by atoms with Gasteiger partial charge >= 0.3 is 179 Å². The van der Waals surface area contributed by atoms with Crippen LogP contribution in [0, 0.1) is 0 Å². The normalized spacial score (nSPS) is 12.2. The van der Waals surface area contributed by atoms with Crippen molar-refractivity contribution in [3.63, 3.8) is 0 Å². The maximum absolute atomic E-state index is 12.9. The van der Waals surface area contributed by atoms with Crippen LogP contribution in [0.4, 0.5) is 39.5 Å². The molecular weight excluding hydrogens is 688 g/mol. The Balaban J connectivity index is 0.00000100. The first-order chi connectivity index (χ1) is 16.0. The molecule has 0 amide bonds. The Morgan fingerprint density at radius 3 is 0.857 bits per heavy atom. The molecular formula is C23H16BiF9O2. The second kappa shape index (κ2) is 11.0. The van der Waals surface area contributed by atoms with E-state index in [4.69, 9.17) is 9.90 Å². The fourth-order valence-electron chi connectivity index (χ4n) is 2.85. The molecule has 0 atom stereocenters. The summed E-state index contributed by atoms with van der Waals surface area (Å²) >= 11 is -3.46. The van der Waals surface area contributed by atoms with Crippen LogP contribution in [0.25, 0.3) is 0 Å². The van der Waals surface area contributed by atoms with E-state index in [0.717, 1.165) is 43.3 Å². The van der Waals surface area contributed by atoms with Crippen molar-refractivity contribution in [1.82, 2.24) is 0 Å². The fourth-order valence-corrected chi connectivity index (χ4v) is 11.5. The van der Waals surface area contributed by atoms with Gasteiger partial charge in [-0.25, -0.2) is 0 Å². The summed E-state index contributed by atoms with van der Waals surface area (Å²) in [5, 5.41) is 7.42. The summed E-state index contributed by atoms with van der Waals surface area (Å²) in [6.07, 6.45) is -13.7. The van der Waals surface area contributed by atoms with Gasteiger partial charge in [-0.15, -0.1) is 0 Å². The molecule has 0 fully saturated rings. The van der Waals surface area contributed by atoms with Crippen LogP contribution in [-0.4, -0.2) is 32.8 Å². The van der Waals surface area contributed by atoms with Gasteiger partial charge in [-0.2, -0.15) is 0 Å². The van der Waals surface area contributed by atoms with Crippen LogP contribution in [0.3, 0.4) is 0 Å². The van der Waals surface area contributed by atoms with Crippen molar-refractivity contribution in [2.75, 3.05) is 0 Å². The number of aliphatic carboxylic acids is 1. The minimum absolute atomic E-state index is 0.488. The Labute approximate surface area is 201 Å². The fraction of sp³-hybridized carbons (Fsp3) is 0.174. The molecule has 0 radical (unpaired) electrons. The average Bonchev–Trinajstić information content (AvgIpc) is 2.73. The van der Waals surface area contributed by atoms with E-state index in [0.29, 0.717) is 9.81 Å². The van der Waals surface area contributed by atoms with Gasteiger partial charge in [0, 0.05) is 6.92 Å². The number of alkyl halides is 9. The van der Waals surface area contributed by atoms with Crippen molar-refractivity contribution in [3.8, 4) is 0 Å². The molecule has 0 aliphatic carbocycles. The van der Waals surface area contributed by atoms with Gasteiger partial charge in [-0.3, -0.25) is 4.79 Å². The zero-order valence-corrected chi connectivity index (χ0v) is 21.1. The number of carboxylic acids is 1. The molecule has 3 aromatic carbocycles. The molecule has 0 bridgehead atoms. The van der Waals surface area contributed by atoms with Gasteiger partial charge in [0.2, 0.25) is 0 Å². The monoisotopic (exact) mass is 704 g/mol. The van der Waals surface area contributed by atoms with E-state index in [2.05, 4.69) is 0 Å². The zero-order chi connectivity index (χ0) is 26.6. The number of hydrogen-bond acceptors (Lipinski definition) is 1. The Kier molecular flexibility index (Phi) is 8.97. The Morgan fingerprint density at radius 1 is 0.543 bits per heavy atom. The predicted octanol–water partition coefficient (Wildman–Crippen LogP) is 5.35. The first-order valence-corrected chi connectivity index (χ1v) is 14.7. The number of benzene rings is 3. The van der Waals surface area contributed by atoms with Crippen molar-refractivity contribution in [1.29, 1.82) is 0 Å². The molecule has 188 valence electrons. The second-order valence-electron chi connectivity index (χ2n) is 6.99. The van der Waals surface area contributed by atoms with Crippen LogP contribution < -0.4 is 9.81 Å². The van der Waals surface area contributed by atoms with Crippen LogP contribution >= 0.6 is 0 Å². The summed E-state index contributed by atoms with van der Waals surface area (Å²) in [4.78, 5) is 9.00. The summed E-state index contributed by atoms with van der Waals surface area (Å²) in [5.41, 5.74) is -2.67. The van der Waals surface area contributed by atoms with E-state index in [-0.39, 0.29) is 0 Å². The molecule has 12 heteroatoms. The minimum atomic E-state index is -4.56. The Bertz CT molecular complexity index is 976. The van der Waals surface area contributed by atoms with Crippen molar-refractivity contribution in [3.05, 3.63) is 89.5 Å². The van der Waals surface area contributed by atoms with Crippen molar-refractivity contribution >= 4 is 37.5 Å². The number of hydrogen-bond donors (Lipinski definition) is 1. The van der Waals surface area contributed by atoms with Crippen molar-refractivity contribution in [2.45, 2.75) is 25.5 Å². The van der Waals surface area contributed by atoms with Gasteiger partial charge in [-0.05, 0) is 0 Å². The summed E-state index contributed by atoms with van der Waals surface area (Å²) < 4.78 is 117. The molecule has 0 unspecified atom stereocenters. The number of carboxylic acid groups (broad SMARTS) is 1. The SMILES string of the molecule is CC(=O)O.FC(F)(F)c1cc[c]([Bi]([c]2ccc(C(F)(F)F)cc2)[c]2ccc(C(F)(F)F)cc2)cc1. The van der Waals surface area contributed by atoms with Gasteiger partial charge in [-0.1, -0.05) is 0 Å². The number of rotatable bonds is 3. The summed E-state index contributed by atoms with van der Waals surface area (Å²) in [7, 11) is 0. The van der Waals surface area contributed by atoms with Crippen LogP contribution in [0.5, 0.6) is 0 Å². The predicted molar refractivity (Wildman–Crippen MR) is 112 cm³/mol. The summed E-state index contributed by atoms with van der Waals surface area (Å²) in [5.74, 6) is -0.833. The molecule has 1 N–H and O–H groups in total. The van der Waals surface area contributed by atoms with Crippen LogP contribution in [-0.2, 0) is 23.3 Å². The van der Waals surface area contributed by atoms with Crippen molar-refractivity contribution in [2.24, 2.45) is 0 Å². The van der Waals surface area contributed by atoms with Gasteiger partial charge < -0.3 is 5.11 Å². The molecule has 0 aromatic heterocycles. The first kappa shape index (κ1) is 28.6. The molecule has 0 aliphatic heterocycles. The van der Waals surface area contributed by atoms with Gasteiger partial charge in [0.1, 0.15) is 0 Å². The van der Waals surface area contributed by atoms with E-state index in [9.17, 15) is 39.5 Å². The molecule has 0 spiro atoms. The third-order valence-corrected chi connectivity index (χ3v) is 13.9. The van der Waals surface area contributed by atoms with Gasteiger partial charge in [0.15, 0.2) is 0 Å². The maximum atomic E-state index is 12.9. The Hall–Kier alpha value is -2.62. The van der Waals surface area contributed by atoms with E-state index in [1.54, 1.807) is 0 Å². The van der Waals surface area contributed by atoms with Crippen LogP contribution in [0.15, 0.2) is 72.8 Å². The van der Waals surface area contributed by atoms with E-state index in [1.165, 1.54) is 36.4 Å². The van der Waals surface area contributed by atoms with Gasteiger partial charge in [0.25, 0.3) is 5.97 Å². The van der Waals surface area contributed by atoms with E-state index >= 15 is 0 Å². The van der Waals surface area contributed by atoms with Crippen LogP contribution in [0.1, 0.15) is 23.6 Å². The van der Waals surface area contributed by atoms with Crippen LogP contribution in [0.2, 0.25) is 0 Å². The Morgan fingerprint density at radius 2 is 0.714 bits per heavy atom.